The maximum Gasteiger partial charge on any atom is 0.300 e. The van der Waals surface area contributed by atoms with Crippen LogP contribution in [-0.4, -0.2) is 57.5 Å². The zero-order chi connectivity index (χ0) is 27.6. The molecule has 10 nitrogen and oxygen atoms in total. The van der Waals surface area contributed by atoms with Crippen molar-refractivity contribution in [3.63, 3.8) is 0 Å². The van der Waals surface area contributed by atoms with E-state index in [1.165, 1.54) is 53.7 Å². The Hall–Kier alpha value is -4.86. The summed E-state index contributed by atoms with van der Waals surface area (Å²) in [6, 6.07) is 12.7. The first kappa shape index (κ1) is 26.2. The van der Waals surface area contributed by atoms with E-state index in [-0.39, 0.29) is 39.8 Å². The smallest absolute Gasteiger partial charge is 0.300 e. The minimum atomic E-state index is -1.18. The Morgan fingerprint density at radius 1 is 0.789 bits per heavy atom. The summed E-state index contributed by atoms with van der Waals surface area (Å²) in [4.78, 5) is 28.1. The summed E-state index contributed by atoms with van der Waals surface area (Å²) in [5, 5.41) is 22.1. The van der Waals surface area contributed by atoms with Gasteiger partial charge in [0.2, 0.25) is 5.75 Å². The van der Waals surface area contributed by atoms with E-state index < -0.39 is 23.5 Å². The lowest BCUT2D eigenvalue weighted by molar-refractivity contribution is -0.132. The number of nitrogens with zero attached hydrogens (tertiary/aromatic N) is 1. The van der Waals surface area contributed by atoms with E-state index in [0.717, 1.165) is 4.90 Å². The van der Waals surface area contributed by atoms with E-state index in [1.54, 1.807) is 36.4 Å². The molecule has 0 saturated carbocycles. The number of phenolic OH excluding ortho intramolecular Hbond substituents is 1. The number of benzene rings is 3. The number of rotatable bonds is 8. The van der Waals surface area contributed by atoms with E-state index in [2.05, 4.69) is 0 Å². The van der Waals surface area contributed by atoms with Crippen LogP contribution in [0.15, 0.2) is 60.2 Å². The van der Waals surface area contributed by atoms with Gasteiger partial charge in [0.1, 0.15) is 23.0 Å². The summed E-state index contributed by atoms with van der Waals surface area (Å²) >= 11 is 0. The van der Waals surface area contributed by atoms with E-state index in [9.17, 15) is 19.8 Å². The van der Waals surface area contributed by atoms with E-state index >= 15 is 0 Å². The van der Waals surface area contributed by atoms with Crippen LogP contribution in [0.5, 0.6) is 34.5 Å². The van der Waals surface area contributed by atoms with Crippen molar-refractivity contribution >= 4 is 23.1 Å². The van der Waals surface area contributed by atoms with Crippen LogP contribution in [0.1, 0.15) is 17.2 Å². The van der Waals surface area contributed by atoms with Gasteiger partial charge in [0, 0.05) is 6.07 Å². The molecule has 1 amide bonds. The molecule has 1 aliphatic heterocycles. The number of ketones is 1. The van der Waals surface area contributed by atoms with Crippen LogP contribution in [0.4, 0.5) is 5.69 Å². The molecule has 3 aromatic rings. The molecule has 0 bridgehead atoms. The van der Waals surface area contributed by atoms with E-state index in [1.807, 2.05) is 0 Å². The highest BCUT2D eigenvalue weighted by Crippen LogP contribution is 2.49. The van der Waals surface area contributed by atoms with Crippen molar-refractivity contribution in [2.24, 2.45) is 0 Å². The Labute approximate surface area is 219 Å². The number of aliphatic hydroxyl groups excluding tert-OH is 1. The molecule has 0 aromatic heterocycles. The summed E-state index contributed by atoms with van der Waals surface area (Å²) in [7, 11) is 7.20. The number of ether oxygens (including phenoxy) is 5. The first-order chi connectivity index (χ1) is 18.3. The standard InChI is InChI=1S/C28H27NO9/c1-34-16-10-11-17(20(14-16)35-2)25(31)23-24(15-12-21(36-3)27(38-5)22(13-15)37-4)29(28(33)26(23)32)18-8-6-7-9-19(18)30/h6-14,24,30-31H,1-5H3/b25-23+. The molecular formula is C28H27NO9. The molecule has 1 fully saturated rings. The second kappa shape index (κ2) is 10.6. The lowest BCUT2D eigenvalue weighted by Crippen LogP contribution is -2.29. The number of carbonyl (C=O) groups is 2. The predicted octanol–water partition coefficient (Wildman–Crippen LogP) is 4.06. The fourth-order valence-electron chi connectivity index (χ4n) is 4.46. The molecule has 4 rings (SSSR count). The first-order valence-corrected chi connectivity index (χ1v) is 11.4. The number of carbonyl (C=O) groups excluding carboxylic acids is 2. The number of aliphatic hydroxyl groups is 1. The fourth-order valence-corrected chi connectivity index (χ4v) is 4.46. The van der Waals surface area contributed by atoms with E-state index in [4.69, 9.17) is 23.7 Å². The monoisotopic (exact) mass is 521 g/mol. The Kier molecular flexibility index (Phi) is 7.33. The number of Topliss-reactive ketones (excluding diaryl/α,β-unsaturated/α-hetero) is 1. The van der Waals surface area contributed by atoms with Gasteiger partial charge in [-0.05, 0) is 42.0 Å². The minimum Gasteiger partial charge on any atom is -0.507 e. The van der Waals surface area contributed by atoms with Gasteiger partial charge >= 0.3 is 0 Å². The summed E-state index contributed by atoms with van der Waals surface area (Å²) < 4.78 is 27.0. The molecule has 1 aliphatic rings. The third kappa shape index (κ3) is 4.30. The van der Waals surface area contributed by atoms with Crippen LogP contribution in [0.3, 0.4) is 0 Å². The van der Waals surface area contributed by atoms with Crippen molar-refractivity contribution in [3.05, 3.63) is 71.3 Å². The number of phenols is 1. The average Bonchev–Trinajstić information content (AvgIpc) is 3.21. The number of hydrogen-bond donors (Lipinski definition) is 2. The predicted molar refractivity (Wildman–Crippen MR) is 139 cm³/mol. The van der Waals surface area contributed by atoms with Crippen LogP contribution in [0.25, 0.3) is 5.76 Å². The van der Waals surface area contributed by atoms with Gasteiger partial charge in [-0.15, -0.1) is 0 Å². The SMILES string of the molecule is COc1ccc(/C(O)=C2\C(=O)C(=O)N(c3ccccc3O)C2c2cc(OC)c(OC)c(OC)c2)c(OC)c1. The van der Waals surface area contributed by atoms with Crippen LogP contribution in [0.2, 0.25) is 0 Å². The van der Waals surface area contributed by atoms with Gasteiger partial charge in [0.05, 0.1) is 58.4 Å². The highest BCUT2D eigenvalue weighted by Gasteiger charge is 2.48. The molecule has 0 spiro atoms. The molecule has 1 heterocycles. The lowest BCUT2D eigenvalue weighted by atomic mass is 9.94. The molecule has 198 valence electrons. The maximum absolute atomic E-state index is 13.5. The van der Waals surface area contributed by atoms with Gasteiger partial charge in [0.25, 0.3) is 11.7 Å². The third-order valence-corrected chi connectivity index (χ3v) is 6.25. The summed E-state index contributed by atoms with van der Waals surface area (Å²) in [6.07, 6.45) is 0. The van der Waals surface area contributed by atoms with Crippen LogP contribution in [0, 0.1) is 0 Å². The first-order valence-electron chi connectivity index (χ1n) is 11.4. The van der Waals surface area contributed by atoms with Gasteiger partial charge in [-0.1, -0.05) is 12.1 Å². The zero-order valence-electron chi connectivity index (χ0n) is 21.5. The van der Waals surface area contributed by atoms with Gasteiger partial charge in [-0.25, -0.2) is 0 Å². The number of para-hydroxylation sites is 2. The van der Waals surface area contributed by atoms with Crippen LogP contribution < -0.4 is 28.6 Å². The quantitative estimate of drug-likeness (QED) is 0.257. The molecule has 0 aliphatic carbocycles. The zero-order valence-corrected chi connectivity index (χ0v) is 21.5. The van der Waals surface area contributed by atoms with Crippen LogP contribution in [-0.2, 0) is 9.59 Å². The van der Waals surface area contributed by atoms with Crippen molar-refractivity contribution in [3.8, 4) is 34.5 Å². The maximum atomic E-state index is 13.5. The average molecular weight is 522 g/mol. The molecule has 2 N–H and O–H groups in total. The normalized spacial score (nSPS) is 16.3. The topological polar surface area (TPSA) is 124 Å². The number of aromatic hydroxyl groups is 1. The van der Waals surface area contributed by atoms with Crippen molar-refractivity contribution in [2.75, 3.05) is 40.4 Å². The lowest BCUT2D eigenvalue weighted by Gasteiger charge is -2.27. The Bertz CT molecular complexity index is 1400. The minimum absolute atomic E-state index is 0.0779. The van der Waals surface area contributed by atoms with Crippen molar-refractivity contribution < 1.29 is 43.5 Å². The largest absolute Gasteiger partial charge is 0.507 e. The fraction of sp³-hybridized carbons (Fsp3) is 0.214. The number of anilines is 1. The molecule has 3 aromatic carbocycles. The molecule has 10 heteroatoms. The Morgan fingerprint density at radius 3 is 1.97 bits per heavy atom. The van der Waals surface area contributed by atoms with Gasteiger partial charge in [0.15, 0.2) is 11.5 Å². The van der Waals surface area contributed by atoms with Crippen molar-refractivity contribution in [1.82, 2.24) is 0 Å². The molecule has 1 unspecified atom stereocenters. The molecule has 38 heavy (non-hydrogen) atoms. The second-order valence-electron chi connectivity index (χ2n) is 8.18. The number of hydrogen-bond acceptors (Lipinski definition) is 9. The summed E-state index contributed by atoms with van der Waals surface area (Å²) in [5.41, 5.74) is 0.377. The summed E-state index contributed by atoms with van der Waals surface area (Å²) in [5.74, 6) is -1.07. The van der Waals surface area contributed by atoms with Crippen molar-refractivity contribution in [2.45, 2.75) is 6.04 Å². The Morgan fingerprint density at radius 2 is 1.42 bits per heavy atom. The van der Waals surface area contributed by atoms with E-state index in [0.29, 0.717) is 17.1 Å². The van der Waals surface area contributed by atoms with Crippen molar-refractivity contribution in [1.29, 1.82) is 0 Å². The summed E-state index contributed by atoms with van der Waals surface area (Å²) in [6.45, 7) is 0. The highest BCUT2D eigenvalue weighted by atomic mass is 16.5. The molecule has 1 saturated heterocycles. The van der Waals surface area contributed by atoms with Gasteiger partial charge < -0.3 is 33.9 Å². The van der Waals surface area contributed by atoms with Crippen LogP contribution >= 0.6 is 0 Å². The third-order valence-electron chi connectivity index (χ3n) is 6.25. The van der Waals surface area contributed by atoms with Gasteiger partial charge in [-0.3, -0.25) is 14.5 Å². The van der Waals surface area contributed by atoms with Gasteiger partial charge in [-0.2, -0.15) is 0 Å². The molecule has 0 radical (unpaired) electrons. The molecular weight excluding hydrogens is 494 g/mol. The number of amides is 1. The highest BCUT2D eigenvalue weighted by molar-refractivity contribution is 6.52. The number of methoxy groups -OCH3 is 5. The Balaban J connectivity index is 2.05. The second-order valence-corrected chi connectivity index (χ2v) is 8.18. The molecule has 1 atom stereocenters.